The molecule has 0 saturated carbocycles. The Balaban J connectivity index is 1.98. The van der Waals surface area contributed by atoms with E-state index >= 15 is 0 Å². The van der Waals surface area contributed by atoms with Crippen LogP contribution in [0.2, 0.25) is 10.0 Å². The highest BCUT2D eigenvalue weighted by atomic mass is 35.5. The molecule has 4 nitrogen and oxygen atoms in total. The van der Waals surface area contributed by atoms with E-state index in [2.05, 4.69) is 5.32 Å². The van der Waals surface area contributed by atoms with Crippen LogP contribution in [-0.4, -0.2) is 30.1 Å². The number of amides is 2. The summed E-state index contributed by atoms with van der Waals surface area (Å²) >= 11 is 11.8. The first kappa shape index (κ1) is 13.5. The number of carbonyl (C=O) groups excluding carboxylic acids is 1. The van der Waals surface area contributed by atoms with Crippen molar-refractivity contribution in [3.63, 3.8) is 0 Å². The van der Waals surface area contributed by atoms with Crippen molar-refractivity contribution in [3.8, 4) is 0 Å². The second kappa shape index (κ2) is 5.78. The molecule has 18 heavy (non-hydrogen) atoms. The lowest BCUT2D eigenvalue weighted by atomic mass is 10.1. The van der Waals surface area contributed by atoms with Gasteiger partial charge in [-0.3, -0.25) is 0 Å². The summed E-state index contributed by atoms with van der Waals surface area (Å²) < 4.78 is 0. The number of piperidine rings is 1. The van der Waals surface area contributed by atoms with Crippen LogP contribution in [0.1, 0.15) is 12.8 Å². The first-order valence-corrected chi connectivity index (χ1v) is 6.58. The van der Waals surface area contributed by atoms with Gasteiger partial charge in [0.25, 0.3) is 0 Å². The SMILES string of the molecule is NC1CCN(C(=O)Nc2ccc(Cl)cc2Cl)CC1. The highest BCUT2D eigenvalue weighted by molar-refractivity contribution is 6.36. The number of hydrogen-bond acceptors (Lipinski definition) is 2. The third kappa shape index (κ3) is 3.28. The number of anilines is 1. The van der Waals surface area contributed by atoms with Gasteiger partial charge in [0.05, 0.1) is 10.7 Å². The number of nitrogens with one attached hydrogen (secondary N) is 1. The number of nitrogens with two attached hydrogens (primary N) is 1. The van der Waals surface area contributed by atoms with Crippen molar-refractivity contribution >= 4 is 34.9 Å². The van der Waals surface area contributed by atoms with Gasteiger partial charge >= 0.3 is 6.03 Å². The zero-order valence-corrected chi connectivity index (χ0v) is 11.3. The van der Waals surface area contributed by atoms with E-state index < -0.39 is 0 Å². The fraction of sp³-hybridized carbons (Fsp3) is 0.417. The van der Waals surface area contributed by atoms with Gasteiger partial charge in [-0.1, -0.05) is 23.2 Å². The van der Waals surface area contributed by atoms with Gasteiger partial charge < -0.3 is 16.0 Å². The van der Waals surface area contributed by atoms with Gasteiger partial charge in [-0.15, -0.1) is 0 Å². The molecule has 1 heterocycles. The number of nitrogens with zero attached hydrogens (tertiary/aromatic N) is 1. The third-order valence-electron chi connectivity index (χ3n) is 3.00. The first-order valence-electron chi connectivity index (χ1n) is 5.83. The zero-order chi connectivity index (χ0) is 13.1. The van der Waals surface area contributed by atoms with E-state index in [1.54, 1.807) is 23.1 Å². The summed E-state index contributed by atoms with van der Waals surface area (Å²) in [5.74, 6) is 0. The highest BCUT2D eigenvalue weighted by Crippen LogP contribution is 2.25. The quantitative estimate of drug-likeness (QED) is 0.834. The molecule has 6 heteroatoms. The van der Waals surface area contributed by atoms with Crippen molar-refractivity contribution < 1.29 is 4.79 Å². The fourth-order valence-corrected chi connectivity index (χ4v) is 2.34. The molecule has 0 aliphatic carbocycles. The van der Waals surface area contributed by atoms with Crippen molar-refractivity contribution in [3.05, 3.63) is 28.2 Å². The Morgan fingerprint density at radius 2 is 2.00 bits per heavy atom. The molecule has 1 fully saturated rings. The second-order valence-electron chi connectivity index (χ2n) is 4.38. The van der Waals surface area contributed by atoms with Crippen molar-refractivity contribution in [1.82, 2.24) is 4.90 Å². The minimum absolute atomic E-state index is 0.147. The molecule has 0 bridgehead atoms. The van der Waals surface area contributed by atoms with Crippen LogP contribution in [0.5, 0.6) is 0 Å². The van der Waals surface area contributed by atoms with Crippen LogP contribution in [0, 0.1) is 0 Å². The molecule has 2 rings (SSSR count). The van der Waals surface area contributed by atoms with E-state index in [0.717, 1.165) is 12.8 Å². The van der Waals surface area contributed by atoms with Crippen molar-refractivity contribution in [2.45, 2.75) is 18.9 Å². The molecule has 98 valence electrons. The maximum absolute atomic E-state index is 12.0. The van der Waals surface area contributed by atoms with Crippen LogP contribution in [-0.2, 0) is 0 Å². The fourth-order valence-electron chi connectivity index (χ4n) is 1.89. The summed E-state index contributed by atoms with van der Waals surface area (Å²) in [5, 5.41) is 3.76. The predicted molar refractivity (Wildman–Crippen MR) is 74.3 cm³/mol. The molecule has 1 aromatic rings. The average molecular weight is 288 g/mol. The Bertz CT molecular complexity index is 445. The lowest BCUT2D eigenvalue weighted by Crippen LogP contribution is -2.44. The molecule has 0 unspecified atom stereocenters. The van der Waals surface area contributed by atoms with E-state index in [1.165, 1.54) is 0 Å². The van der Waals surface area contributed by atoms with Crippen LogP contribution in [0.3, 0.4) is 0 Å². The molecular formula is C12H15Cl2N3O. The minimum Gasteiger partial charge on any atom is -0.328 e. The van der Waals surface area contributed by atoms with Crippen molar-refractivity contribution in [1.29, 1.82) is 0 Å². The van der Waals surface area contributed by atoms with E-state index in [4.69, 9.17) is 28.9 Å². The highest BCUT2D eigenvalue weighted by Gasteiger charge is 2.20. The summed E-state index contributed by atoms with van der Waals surface area (Å²) in [6.45, 7) is 1.36. The van der Waals surface area contributed by atoms with Gasteiger partial charge in [-0.2, -0.15) is 0 Å². The van der Waals surface area contributed by atoms with Gasteiger partial charge in [-0.05, 0) is 31.0 Å². The number of likely N-dealkylation sites (tertiary alicyclic amines) is 1. The summed E-state index contributed by atoms with van der Waals surface area (Å²) in [6, 6.07) is 5.04. The number of halogens is 2. The lowest BCUT2D eigenvalue weighted by molar-refractivity contribution is 0.195. The molecule has 1 saturated heterocycles. The molecule has 2 amide bonds. The smallest absolute Gasteiger partial charge is 0.321 e. The van der Waals surface area contributed by atoms with Crippen LogP contribution in [0.25, 0.3) is 0 Å². The second-order valence-corrected chi connectivity index (χ2v) is 5.22. The Morgan fingerprint density at radius 3 is 2.61 bits per heavy atom. The van der Waals surface area contributed by atoms with Gasteiger partial charge in [0.1, 0.15) is 0 Å². The minimum atomic E-state index is -0.147. The molecule has 1 aliphatic rings. The van der Waals surface area contributed by atoms with Gasteiger partial charge in [0.2, 0.25) is 0 Å². The van der Waals surface area contributed by atoms with E-state index in [9.17, 15) is 4.79 Å². The summed E-state index contributed by atoms with van der Waals surface area (Å²) in [7, 11) is 0. The van der Waals surface area contributed by atoms with Gasteiger partial charge in [0.15, 0.2) is 0 Å². The molecule has 1 aromatic carbocycles. The monoisotopic (exact) mass is 287 g/mol. The predicted octanol–water partition coefficient (Wildman–Crippen LogP) is 2.95. The summed E-state index contributed by atoms with van der Waals surface area (Å²) in [6.07, 6.45) is 1.67. The molecule has 0 radical (unpaired) electrons. The van der Waals surface area contributed by atoms with Crippen molar-refractivity contribution in [2.24, 2.45) is 5.73 Å². The molecule has 0 aromatic heterocycles. The Morgan fingerprint density at radius 1 is 1.33 bits per heavy atom. The van der Waals surface area contributed by atoms with Crippen LogP contribution >= 0.6 is 23.2 Å². The number of benzene rings is 1. The number of hydrogen-bond donors (Lipinski definition) is 2. The normalized spacial score (nSPS) is 16.7. The van der Waals surface area contributed by atoms with Crippen LogP contribution in [0.15, 0.2) is 18.2 Å². The average Bonchev–Trinajstić information content (AvgIpc) is 2.33. The maximum atomic E-state index is 12.0. The van der Waals surface area contributed by atoms with E-state index in [-0.39, 0.29) is 12.1 Å². The van der Waals surface area contributed by atoms with E-state index in [0.29, 0.717) is 28.8 Å². The number of carbonyl (C=O) groups is 1. The third-order valence-corrected chi connectivity index (χ3v) is 3.55. The molecular weight excluding hydrogens is 273 g/mol. The molecule has 0 atom stereocenters. The first-order chi connectivity index (χ1) is 8.56. The lowest BCUT2D eigenvalue weighted by Gasteiger charge is -2.30. The Kier molecular flexibility index (Phi) is 4.32. The van der Waals surface area contributed by atoms with Gasteiger partial charge in [-0.25, -0.2) is 4.79 Å². The molecule has 3 N–H and O–H groups in total. The van der Waals surface area contributed by atoms with Crippen LogP contribution < -0.4 is 11.1 Å². The van der Waals surface area contributed by atoms with Crippen molar-refractivity contribution in [2.75, 3.05) is 18.4 Å². The topological polar surface area (TPSA) is 58.4 Å². The Labute approximate surface area is 116 Å². The zero-order valence-electron chi connectivity index (χ0n) is 9.83. The van der Waals surface area contributed by atoms with E-state index in [1.807, 2.05) is 0 Å². The maximum Gasteiger partial charge on any atom is 0.321 e. The number of rotatable bonds is 1. The van der Waals surface area contributed by atoms with Gasteiger partial charge in [0, 0.05) is 24.2 Å². The molecule has 0 spiro atoms. The summed E-state index contributed by atoms with van der Waals surface area (Å²) in [5.41, 5.74) is 6.37. The largest absolute Gasteiger partial charge is 0.328 e. The molecule has 1 aliphatic heterocycles. The Hall–Kier alpha value is -0.970. The number of urea groups is 1. The standard InChI is InChI=1S/C12H15Cl2N3O/c13-8-1-2-11(10(14)7-8)16-12(18)17-5-3-9(15)4-6-17/h1-2,7,9H,3-6,15H2,(H,16,18). The summed E-state index contributed by atoms with van der Waals surface area (Å²) in [4.78, 5) is 13.7. The van der Waals surface area contributed by atoms with Crippen LogP contribution in [0.4, 0.5) is 10.5 Å².